The van der Waals surface area contributed by atoms with Gasteiger partial charge in [0.2, 0.25) is 11.8 Å². The Morgan fingerprint density at radius 1 is 1.25 bits per heavy atom. The molecule has 2 aliphatic heterocycles. The van der Waals surface area contributed by atoms with Crippen LogP contribution in [0.3, 0.4) is 0 Å². The van der Waals surface area contributed by atoms with Gasteiger partial charge in [-0.25, -0.2) is 4.79 Å². The Morgan fingerprint density at radius 2 is 1.97 bits per heavy atom. The van der Waals surface area contributed by atoms with E-state index in [0.29, 0.717) is 30.0 Å². The van der Waals surface area contributed by atoms with Crippen molar-refractivity contribution < 1.29 is 23.9 Å². The van der Waals surface area contributed by atoms with Crippen LogP contribution in [0.1, 0.15) is 74.9 Å². The fourth-order valence-corrected chi connectivity index (χ4v) is 4.87. The van der Waals surface area contributed by atoms with Gasteiger partial charge in [-0.05, 0) is 54.7 Å². The third kappa shape index (κ3) is 4.36. The van der Waals surface area contributed by atoms with Crippen molar-refractivity contribution >= 4 is 23.8 Å². The summed E-state index contributed by atoms with van der Waals surface area (Å²) in [6.45, 7) is 9.07. The lowest BCUT2D eigenvalue weighted by molar-refractivity contribution is -0.136. The average molecular weight is 442 g/mol. The highest BCUT2D eigenvalue weighted by Crippen LogP contribution is 2.47. The fourth-order valence-electron chi connectivity index (χ4n) is 4.87. The number of alkyl carbamates (subject to hydrolysis) is 1. The number of nitrogens with zero attached hydrogens (tertiary/aromatic N) is 1. The number of ether oxygens (including phenoxy) is 1. The molecule has 3 aliphatic rings. The first-order valence-electron chi connectivity index (χ1n) is 11.2. The summed E-state index contributed by atoms with van der Waals surface area (Å²) in [4.78, 5) is 50.3. The highest BCUT2D eigenvalue weighted by Gasteiger charge is 2.46. The number of fused-ring (bicyclic) bond motifs is 1. The molecule has 0 spiro atoms. The third-order valence-electron chi connectivity index (χ3n) is 6.98. The van der Waals surface area contributed by atoms with Crippen molar-refractivity contribution in [2.24, 2.45) is 11.3 Å². The summed E-state index contributed by atoms with van der Waals surface area (Å²) in [7, 11) is 0. The molecule has 0 radical (unpaired) electrons. The number of benzene rings is 1. The summed E-state index contributed by atoms with van der Waals surface area (Å²) >= 11 is 0. The molecule has 32 heavy (non-hydrogen) atoms. The monoisotopic (exact) mass is 441 g/mol. The molecule has 2 fully saturated rings. The smallest absolute Gasteiger partial charge is 0.407 e. The largest absolute Gasteiger partial charge is 0.445 e. The van der Waals surface area contributed by atoms with E-state index in [1.54, 1.807) is 6.07 Å². The predicted octanol–water partition coefficient (Wildman–Crippen LogP) is 2.89. The number of carbonyl (C=O) groups is 4. The lowest BCUT2D eigenvalue weighted by Crippen LogP contribution is -2.57. The van der Waals surface area contributed by atoms with Crippen molar-refractivity contribution in [1.82, 2.24) is 15.5 Å². The topological polar surface area (TPSA) is 105 Å². The number of amides is 4. The van der Waals surface area contributed by atoms with Crippen LogP contribution in [-0.4, -0.2) is 40.3 Å². The lowest BCUT2D eigenvalue weighted by atomic mass is 9.59. The molecule has 2 N–H and O–H groups in total. The average Bonchev–Trinajstić information content (AvgIpc) is 3.00. The van der Waals surface area contributed by atoms with E-state index >= 15 is 0 Å². The molecule has 8 nitrogen and oxygen atoms in total. The maximum absolute atomic E-state index is 12.9. The van der Waals surface area contributed by atoms with Crippen LogP contribution in [0.15, 0.2) is 18.2 Å². The van der Waals surface area contributed by atoms with Gasteiger partial charge >= 0.3 is 6.09 Å². The van der Waals surface area contributed by atoms with Gasteiger partial charge in [-0.2, -0.15) is 0 Å². The van der Waals surface area contributed by atoms with Gasteiger partial charge < -0.3 is 15.0 Å². The molecular weight excluding hydrogens is 410 g/mol. The minimum atomic E-state index is -0.641. The van der Waals surface area contributed by atoms with Crippen molar-refractivity contribution in [1.29, 1.82) is 0 Å². The van der Waals surface area contributed by atoms with Gasteiger partial charge in [0, 0.05) is 24.1 Å². The van der Waals surface area contributed by atoms with Gasteiger partial charge in [0.25, 0.3) is 5.91 Å². The Bertz CT molecular complexity index is 974. The van der Waals surface area contributed by atoms with Crippen molar-refractivity contribution in [3.8, 4) is 0 Å². The number of nitrogens with one attached hydrogen (secondary N) is 2. The second-order valence-electron chi connectivity index (χ2n) is 10.6. The van der Waals surface area contributed by atoms with Gasteiger partial charge in [0.1, 0.15) is 12.6 Å². The maximum atomic E-state index is 12.9. The standard InChI is InChI=1S/C24H31N3O5/c1-23(2,3)16-10-24(4,11-16)26-22(31)32-13-14-5-6-15-12-27(21(30)17(15)9-14)18-7-8-19(28)25-20(18)29/h5-6,9,16,18H,7-8,10-13H2,1-4H3,(H,26,31)(H,25,28,29). The molecule has 2 heterocycles. The molecule has 8 heteroatoms. The maximum Gasteiger partial charge on any atom is 0.407 e. The number of hydrogen-bond donors (Lipinski definition) is 2. The minimum Gasteiger partial charge on any atom is -0.445 e. The molecule has 172 valence electrons. The number of imide groups is 1. The first-order valence-corrected chi connectivity index (χ1v) is 11.2. The van der Waals surface area contributed by atoms with Crippen LogP contribution in [0.4, 0.5) is 4.79 Å². The molecular formula is C24H31N3O5. The first-order chi connectivity index (χ1) is 14.9. The number of hydrogen-bond acceptors (Lipinski definition) is 5. The molecule has 0 bridgehead atoms. The van der Waals surface area contributed by atoms with Gasteiger partial charge in [-0.15, -0.1) is 0 Å². The Kier molecular flexibility index (Phi) is 5.51. The lowest BCUT2D eigenvalue weighted by Gasteiger charge is -2.51. The molecule has 1 unspecified atom stereocenters. The highest BCUT2D eigenvalue weighted by atomic mass is 16.5. The van der Waals surface area contributed by atoms with Gasteiger partial charge in [0.05, 0.1) is 0 Å². The Labute approximate surface area is 188 Å². The molecule has 4 rings (SSSR count). The van der Waals surface area contributed by atoms with Crippen LogP contribution in [0.25, 0.3) is 0 Å². The van der Waals surface area contributed by atoms with Crippen LogP contribution in [0.2, 0.25) is 0 Å². The predicted molar refractivity (Wildman–Crippen MR) is 116 cm³/mol. The summed E-state index contributed by atoms with van der Waals surface area (Å²) in [5.41, 5.74) is 2.02. The highest BCUT2D eigenvalue weighted by molar-refractivity contribution is 6.05. The molecule has 1 atom stereocenters. The second-order valence-corrected chi connectivity index (χ2v) is 10.6. The van der Waals surface area contributed by atoms with Crippen LogP contribution in [0.5, 0.6) is 0 Å². The van der Waals surface area contributed by atoms with Crippen LogP contribution < -0.4 is 10.6 Å². The van der Waals surface area contributed by atoms with Crippen molar-refractivity contribution in [2.45, 2.75) is 78.1 Å². The summed E-state index contributed by atoms with van der Waals surface area (Å²) in [6, 6.07) is 4.74. The summed E-state index contributed by atoms with van der Waals surface area (Å²) in [5.74, 6) is -0.405. The molecule has 1 saturated carbocycles. The minimum absolute atomic E-state index is 0.0591. The number of rotatable bonds is 4. The van der Waals surface area contributed by atoms with E-state index < -0.39 is 18.0 Å². The van der Waals surface area contributed by atoms with E-state index in [0.717, 1.165) is 18.4 Å². The van der Waals surface area contributed by atoms with Crippen molar-refractivity contribution in [3.63, 3.8) is 0 Å². The molecule has 1 aromatic carbocycles. The zero-order valence-electron chi connectivity index (χ0n) is 19.1. The summed E-state index contributed by atoms with van der Waals surface area (Å²) in [6.07, 6.45) is 1.94. The second kappa shape index (κ2) is 7.90. The van der Waals surface area contributed by atoms with Crippen molar-refractivity contribution in [3.05, 3.63) is 34.9 Å². The van der Waals surface area contributed by atoms with Gasteiger partial charge in [-0.1, -0.05) is 32.9 Å². The van der Waals surface area contributed by atoms with E-state index in [-0.39, 0.29) is 35.8 Å². The van der Waals surface area contributed by atoms with E-state index in [9.17, 15) is 19.2 Å². The van der Waals surface area contributed by atoms with Crippen LogP contribution in [0, 0.1) is 11.3 Å². The van der Waals surface area contributed by atoms with Gasteiger partial charge in [-0.3, -0.25) is 19.7 Å². The van der Waals surface area contributed by atoms with E-state index in [1.807, 2.05) is 19.1 Å². The normalized spacial score (nSPS) is 27.5. The molecule has 1 aliphatic carbocycles. The Morgan fingerprint density at radius 3 is 2.62 bits per heavy atom. The SMILES string of the molecule is CC1(NC(=O)OCc2ccc3c(c2)C(=O)N(C2CCC(=O)NC2=O)C3)CC(C(C)(C)C)C1. The molecule has 4 amide bonds. The summed E-state index contributed by atoms with van der Waals surface area (Å²) in [5, 5.41) is 5.28. The van der Waals surface area contributed by atoms with Crippen LogP contribution in [-0.2, 0) is 27.5 Å². The molecule has 0 aromatic heterocycles. The third-order valence-corrected chi connectivity index (χ3v) is 6.98. The number of piperidine rings is 1. The fraction of sp³-hybridized carbons (Fsp3) is 0.583. The quantitative estimate of drug-likeness (QED) is 0.699. The van der Waals surface area contributed by atoms with Crippen LogP contribution >= 0.6 is 0 Å². The molecule has 1 saturated heterocycles. The number of carbonyl (C=O) groups excluding carboxylic acids is 4. The first kappa shape index (κ1) is 22.3. The van der Waals surface area contributed by atoms with Gasteiger partial charge in [0.15, 0.2) is 0 Å². The van der Waals surface area contributed by atoms with Crippen molar-refractivity contribution in [2.75, 3.05) is 0 Å². The summed E-state index contributed by atoms with van der Waals surface area (Å²) < 4.78 is 5.41. The zero-order chi connectivity index (χ0) is 23.3. The van der Waals surface area contributed by atoms with E-state index in [4.69, 9.17) is 4.74 Å². The van der Waals surface area contributed by atoms with E-state index in [2.05, 4.69) is 31.4 Å². The Hall–Kier alpha value is -2.90. The van der Waals surface area contributed by atoms with E-state index in [1.165, 1.54) is 4.90 Å². The molecule has 1 aromatic rings. The Balaban J connectivity index is 1.33. The zero-order valence-corrected chi connectivity index (χ0v) is 19.1.